The van der Waals surface area contributed by atoms with Crippen LogP contribution in [0.3, 0.4) is 0 Å². The van der Waals surface area contributed by atoms with Crippen molar-refractivity contribution in [2.75, 3.05) is 0 Å². The van der Waals surface area contributed by atoms with Crippen molar-refractivity contribution in [3.63, 3.8) is 0 Å². The van der Waals surface area contributed by atoms with Crippen molar-refractivity contribution >= 4 is 28.6 Å². The molecule has 0 aromatic carbocycles. The third-order valence-electron chi connectivity index (χ3n) is 2.04. The first-order valence-corrected chi connectivity index (χ1v) is 5.86. The monoisotopic (exact) mass is 315 g/mol. The summed E-state index contributed by atoms with van der Waals surface area (Å²) in [6, 6.07) is -0.737. The molecule has 4 nitrogen and oxygen atoms in total. The van der Waals surface area contributed by atoms with Crippen LogP contribution in [0, 0.1) is 0 Å². The van der Waals surface area contributed by atoms with Crippen LogP contribution in [0.25, 0.3) is 0 Å². The number of carboxylic acid groups (broad SMARTS) is 1. The summed E-state index contributed by atoms with van der Waals surface area (Å²) in [6.45, 7) is 7.27. The largest absolute Gasteiger partial charge is 0.480 e. The summed E-state index contributed by atoms with van der Waals surface area (Å²) in [4.78, 5) is 12.8. The Labute approximate surface area is 98.4 Å². The van der Waals surface area contributed by atoms with Gasteiger partial charge in [0.15, 0.2) is 0 Å². The van der Waals surface area contributed by atoms with E-state index in [0.29, 0.717) is 0 Å². The summed E-state index contributed by atoms with van der Waals surface area (Å²) >= 11 is 2.15. The summed E-state index contributed by atoms with van der Waals surface area (Å²) in [5.74, 6) is -0.975. The minimum Gasteiger partial charge on any atom is -0.480 e. The lowest BCUT2D eigenvalue weighted by molar-refractivity contribution is -0.148. The van der Waals surface area contributed by atoms with Gasteiger partial charge in [0.2, 0.25) is 0 Å². The second kappa shape index (κ2) is 5.87. The molecule has 3 atom stereocenters. The second-order valence-electron chi connectivity index (χ2n) is 3.64. The fourth-order valence-electron chi connectivity index (χ4n) is 1.54. The molecule has 0 aliphatic heterocycles. The van der Waals surface area contributed by atoms with Gasteiger partial charge in [0.05, 0.1) is 10.2 Å². The number of hydrogen-bond donors (Lipinski definition) is 2. The molecule has 0 aliphatic rings. The van der Waals surface area contributed by atoms with E-state index in [0.717, 1.165) is 0 Å². The van der Waals surface area contributed by atoms with Gasteiger partial charge in [0.1, 0.15) is 6.04 Å². The minimum absolute atomic E-state index is 0.0725. The number of carboxylic acids is 1. The quantitative estimate of drug-likeness (QED) is 0.456. The molecule has 0 amide bonds. The maximum Gasteiger partial charge on any atom is 0.323 e. The molecule has 0 radical (unpaired) electrons. The average molecular weight is 315 g/mol. The lowest BCUT2D eigenvalue weighted by Crippen LogP contribution is -2.53. The molecule has 0 spiro atoms. The molecular weight excluding hydrogens is 297 g/mol. The maximum atomic E-state index is 11.0. The van der Waals surface area contributed by atoms with Gasteiger partial charge >= 0.3 is 5.97 Å². The fourth-order valence-corrected chi connectivity index (χ4v) is 2.53. The Kier molecular flexibility index (Phi) is 5.92. The predicted octanol–water partition coefficient (Wildman–Crippen LogP) is 1.31. The molecule has 0 fully saturated rings. The summed E-state index contributed by atoms with van der Waals surface area (Å²) in [5.41, 5.74) is 0. The van der Waals surface area contributed by atoms with E-state index >= 15 is 0 Å². The number of halogens is 1. The smallest absolute Gasteiger partial charge is 0.323 e. The standard InChI is InChI=1S/C9H18INO3/c1-5(2)11(7(4)10)8(6(3)12)9(13)14/h5-8,12H,1-4H3,(H,13,14). The molecule has 0 rings (SSSR count). The van der Waals surface area contributed by atoms with Crippen molar-refractivity contribution in [3.8, 4) is 0 Å². The highest BCUT2D eigenvalue weighted by Gasteiger charge is 2.33. The number of nitrogens with zero attached hydrogens (tertiary/aromatic N) is 1. The highest BCUT2D eigenvalue weighted by Crippen LogP contribution is 2.18. The van der Waals surface area contributed by atoms with Gasteiger partial charge in [0.25, 0.3) is 0 Å². The summed E-state index contributed by atoms with van der Waals surface area (Å²) < 4.78 is 0.0725. The van der Waals surface area contributed by atoms with E-state index in [1.54, 1.807) is 4.90 Å². The summed E-state index contributed by atoms with van der Waals surface area (Å²) in [7, 11) is 0. The van der Waals surface area contributed by atoms with Crippen LogP contribution in [0.1, 0.15) is 27.7 Å². The van der Waals surface area contributed by atoms with E-state index in [1.807, 2.05) is 20.8 Å². The zero-order chi connectivity index (χ0) is 11.5. The van der Waals surface area contributed by atoms with Crippen molar-refractivity contribution in [2.24, 2.45) is 0 Å². The first kappa shape index (κ1) is 14.1. The molecule has 2 N–H and O–H groups in total. The van der Waals surface area contributed by atoms with Crippen molar-refractivity contribution in [2.45, 2.75) is 49.9 Å². The molecule has 0 heterocycles. The molecule has 0 aromatic rings. The molecule has 0 aromatic heterocycles. The normalized spacial score (nSPS) is 18.3. The van der Waals surface area contributed by atoms with Crippen molar-refractivity contribution in [1.82, 2.24) is 4.90 Å². The molecule has 3 unspecified atom stereocenters. The number of carbonyl (C=O) groups is 1. The highest BCUT2D eigenvalue weighted by atomic mass is 127. The molecule has 14 heavy (non-hydrogen) atoms. The van der Waals surface area contributed by atoms with Crippen LogP contribution >= 0.6 is 22.6 Å². The summed E-state index contributed by atoms with van der Waals surface area (Å²) in [6.07, 6.45) is -0.868. The molecule has 0 bridgehead atoms. The van der Waals surface area contributed by atoms with Gasteiger partial charge < -0.3 is 10.2 Å². The zero-order valence-corrected chi connectivity index (χ0v) is 11.1. The van der Waals surface area contributed by atoms with E-state index in [9.17, 15) is 9.90 Å². The number of alkyl halides is 1. The van der Waals surface area contributed by atoms with Crippen LogP contribution in [0.5, 0.6) is 0 Å². The maximum absolute atomic E-state index is 11.0. The van der Waals surface area contributed by atoms with E-state index in [2.05, 4.69) is 22.6 Å². The Balaban J connectivity index is 4.83. The minimum atomic E-state index is -0.975. The third kappa shape index (κ3) is 3.70. The molecule has 84 valence electrons. The van der Waals surface area contributed by atoms with Gasteiger partial charge in [-0.05, 0) is 27.7 Å². The second-order valence-corrected chi connectivity index (χ2v) is 5.44. The Morgan fingerprint density at radius 3 is 1.79 bits per heavy atom. The van der Waals surface area contributed by atoms with Crippen LogP contribution in [-0.4, -0.2) is 43.3 Å². The highest BCUT2D eigenvalue weighted by molar-refractivity contribution is 14.1. The van der Waals surface area contributed by atoms with E-state index in [-0.39, 0.29) is 10.1 Å². The van der Waals surface area contributed by atoms with Gasteiger partial charge in [-0.25, -0.2) is 0 Å². The number of hydrogen-bond acceptors (Lipinski definition) is 3. The van der Waals surface area contributed by atoms with Crippen LogP contribution in [0.4, 0.5) is 0 Å². The third-order valence-corrected chi connectivity index (χ3v) is 2.68. The van der Waals surface area contributed by atoms with Gasteiger partial charge in [0, 0.05) is 6.04 Å². The first-order chi connectivity index (χ1) is 6.29. The van der Waals surface area contributed by atoms with Crippen LogP contribution in [0.2, 0.25) is 0 Å². The number of aliphatic carboxylic acids is 1. The van der Waals surface area contributed by atoms with Crippen LogP contribution in [-0.2, 0) is 4.79 Å². The van der Waals surface area contributed by atoms with Gasteiger partial charge in [-0.3, -0.25) is 9.69 Å². The summed E-state index contributed by atoms with van der Waals surface area (Å²) in [5, 5.41) is 18.4. The van der Waals surface area contributed by atoms with Crippen molar-refractivity contribution in [3.05, 3.63) is 0 Å². The Morgan fingerprint density at radius 2 is 1.71 bits per heavy atom. The first-order valence-electron chi connectivity index (χ1n) is 4.61. The van der Waals surface area contributed by atoms with Gasteiger partial charge in [-0.15, -0.1) is 0 Å². The molecule has 5 heteroatoms. The van der Waals surface area contributed by atoms with Gasteiger partial charge in [-0.2, -0.15) is 0 Å². The van der Waals surface area contributed by atoms with E-state index in [1.165, 1.54) is 6.92 Å². The molecular formula is C9H18INO3. The SMILES string of the molecule is CC(O)C(C(=O)O)N(C(C)C)C(C)I. The van der Waals surface area contributed by atoms with Crippen LogP contribution in [0.15, 0.2) is 0 Å². The Morgan fingerprint density at radius 1 is 1.29 bits per heavy atom. The average Bonchev–Trinajstić information content (AvgIpc) is 1.96. The number of rotatable bonds is 5. The lowest BCUT2D eigenvalue weighted by Gasteiger charge is -2.36. The van der Waals surface area contributed by atoms with Crippen molar-refractivity contribution in [1.29, 1.82) is 0 Å². The zero-order valence-electron chi connectivity index (χ0n) is 8.94. The number of aliphatic hydroxyl groups is 1. The lowest BCUT2D eigenvalue weighted by atomic mass is 10.1. The van der Waals surface area contributed by atoms with Crippen LogP contribution < -0.4 is 0 Å². The Bertz CT molecular complexity index is 186. The topological polar surface area (TPSA) is 60.8 Å². The van der Waals surface area contributed by atoms with E-state index < -0.39 is 18.1 Å². The Hall–Kier alpha value is 0.120. The van der Waals surface area contributed by atoms with E-state index in [4.69, 9.17) is 5.11 Å². The molecule has 0 saturated carbocycles. The van der Waals surface area contributed by atoms with Crippen molar-refractivity contribution < 1.29 is 15.0 Å². The fraction of sp³-hybridized carbons (Fsp3) is 0.889. The predicted molar refractivity (Wildman–Crippen MR) is 63.6 cm³/mol. The number of aliphatic hydroxyl groups excluding tert-OH is 1. The van der Waals surface area contributed by atoms with Gasteiger partial charge in [-0.1, -0.05) is 22.6 Å². The molecule has 0 saturated heterocycles. The molecule has 0 aliphatic carbocycles.